The quantitative estimate of drug-likeness (QED) is 0.421. The Morgan fingerprint density at radius 3 is 2.67 bits per heavy atom. The van der Waals surface area contributed by atoms with E-state index in [2.05, 4.69) is 4.93 Å². The average molecular weight is 237 g/mol. The maximum absolute atomic E-state index is 12.4. The maximum Gasteiger partial charge on any atom is 0.309 e. The monoisotopic (exact) mass is 237 g/mol. The third-order valence-electron chi connectivity index (χ3n) is 1.00. The topological polar surface area (TPSA) is 0 Å². The summed E-state index contributed by atoms with van der Waals surface area (Å²) in [4.78, 5) is 2.12. The van der Waals surface area contributed by atoms with E-state index >= 15 is 0 Å². The minimum Gasteiger partial charge on any atom is -0.207 e. The molecule has 0 atom stereocenters. The molecule has 0 aliphatic carbocycles. The molecule has 0 aliphatic rings. The van der Waals surface area contributed by atoms with Gasteiger partial charge in [-0.25, -0.2) is 4.39 Å². The summed E-state index contributed by atoms with van der Waals surface area (Å²) in [6.45, 7) is 0. The molecule has 0 N–H and O–H groups in total. The van der Waals surface area contributed by atoms with E-state index in [4.69, 9.17) is 0 Å². The van der Waals surface area contributed by atoms with Crippen molar-refractivity contribution in [3.8, 4) is 0 Å². The van der Waals surface area contributed by atoms with Gasteiger partial charge < -0.3 is 0 Å². The van der Waals surface area contributed by atoms with Crippen LogP contribution in [0.2, 0.25) is 0 Å². The van der Waals surface area contributed by atoms with E-state index in [0.717, 1.165) is 3.57 Å². The van der Waals surface area contributed by atoms with Crippen LogP contribution in [0.15, 0.2) is 24.3 Å². The summed E-state index contributed by atoms with van der Waals surface area (Å²) in [5.41, 5.74) is 0. The van der Waals surface area contributed by atoms with Crippen molar-refractivity contribution in [1.29, 1.82) is 0 Å². The highest BCUT2D eigenvalue weighted by molar-refractivity contribution is 5.01. The standard InChI is InChI=1S/C7H7FI/c1-9-7-4-2-3-6(8)5-7/h2-5H,1H3/q+1. The summed E-state index contributed by atoms with van der Waals surface area (Å²) in [6, 6.07) is 6.81. The van der Waals surface area contributed by atoms with E-state index in [1.807, 2.05) is 6.07 Å². The molecule has 0 amide bonds. The number of alkyl halides is 1. The Balaban J connectivity index is 2.94. The summed E-state index contributed by atoms with van der Waals surface area (Å²) < 4.78 is 13.5. The molecule has 2 heteroatoms. The summed E-state index contributed by atoms with van der Waals surface area (Å²) >= 11 is 0.0526. The molecule has 0 saturated carbocycles. The third kappa shape index (κ3) is 1.93. The van der Waals surface area contributed by atoms with Crippen LogP contribution in [-0.4, -0.2) is 4.93 Å². The van der Waals surface area contributed by atoms with Crippen molar-refractivity contribution in [2.24, 2.45) is 0 Å². The van der Waals surface area contributed by atoms with E-state index in [-0.39, 0.29) is 27.0 Å². The first-order chi connectivity index (χ1) is 4.33. The highest BCUT2D eigenvalue weighted by atomic mass is 127. The van der Waals surface area contributed by atoms with Gasteiger partial charge in [0.1, 0.15) is 10.7 Å². The second kappa shape index (κ2) is 3.15. The number of hydrogen-bond donors (Lipinski definition) is 0. The Morgan fingerprint density at radius 2 is 2.22 bits per heavy atom. The van der Waals surface area contributed by atoms with Crippen molar-refractivity contribution in [3.05, 3.63) is 33.7 Å². The van der Waals surface area contributed by atoms with Gasteiger partial charge in [0, 0.05) is 6.07 Å². The maximum atomic E-state index is 12.4. The van der Waals surface area contributed by atoms with Gasteiger partial charge in [-0.05, 0) is 12.1 Å². The molecular formula is C7H7FI+. The summed E-state index contributed by atoms with van der Waals surface area (Å²) in [6.07, 6.45) is 0. The van der Waals surface area contributed by atoms with E-state index in [1.54, 1.807) is 12.1 Å². The zero-order valence-electron chi connectivity index (χ0n) is 5.07. The minimum atomic E-state index is -0.117. The smallest absolute Gasteiger partial charge is 0.207 e. The molecule has 9 heavy (non-hydrogen) atoms. The molecule has 0 aromatic heterocycles. The summed E-state index contributed by atoms with van der Waals surface area (Å²) in [5, 5.41) is 0. The molecule has 0 aliphatic heterocycles. The molecule has 0 nitrogen and oxygen atoms in total. The van der Waals surface area contributed by atoms with Crippen LogP contribution < -0.4 is 21.2 Å². The first-order valence-electron chi connectivity index (χ1n) is 2.58. The van der Waals surface area contributed by atoms with Crippen LogP contribution in [0.4, 0.5) is 4.39 Å². The van der Waals surface area contributed by atoms with Crippen LogP contribution in [0.1, 0.15) is 0 Å². The van der Waals surface area contributed by atoms with Gasteiger partial charge in [-0.15, -0.1) is 0 Å². The SMILES string of the molecule is C[I+]c1cccc(F)c1. The van der Waals surface area contributed by atoms with Gasteiger partial charge in [0.25, 0.3) is 0 Å². The molecule has 48 valence electrons. The molecule has 0 unspecified atom stereocenters. The van der Waals surface area contributed by atoms with Gasteiger partial charge in [-0.2, -0.15) is 0 Å². The molecule has 1 rings (SSSR count). The average Bonchev–Trinajstić information content (AvgIpc) is 1.88. The van der Waals surface area contributed by atoms with Gasteiger partial charge in [-0.3, -0.25) is 0 Å². The first-order valence-corrected chi connectivity index (χ1v) is 5.81. The Labute approximate surface area is 64.3 Å². The normalized spacial score (nSPS) is 9.56. The van der Waals surface area contributed by atoms with Crippen molar-refractivity contribution in [3.63, 3.8) is 0 Å². The van der Waals surface area contributed by atoms with Crippen molar-refractivity contribution < 1.29 is 25.6 Å². The molecule has 0 radical (unpaired) electrons. The number of hydrogen-bond acceptors (Lipinski definition) is 0. The fourth-order valence-corrected chi connectivity index (χ4v) is 1.75. The van der Waals surface area contributed by atoms with Gasteiger partial charge in [0.15, 0.2) is 3.57 Å². The number of rotatable bonds is 1. The number of benzene rings is 1. The van der Waals surface area contributed by atoms with Crippen molar-refractivity contribution in [2.75, 3.05) is 4.93 Å². The highest BCUT2D eigenvalue weighted by Crippen LogP contribution is 1.92. The molecule has 1 aromatic carbocycles. The Hall–Kier alpha value is -0.120. The van der Waals surface area contributed by atoms with Crippen LogP contribution in [0.3, 0.4) is 0 Å². The van der Waals surface area contributed by atoms with E-state index in [1.165, 1.54) is 6.07 Å². The third-order valence-corrected chi connectivity index (χ3v) is 2.92. The first kappa shape index (κ1) is 6.99. The molecule has 0 bridgehead atoms. The predicted octanol–water partition coefficient (Wildman–Crippen LogP) is -1.29. The van der Waals surface area contributed by atoms with Crippen LogP contribution in [0, 0.1) is 9.39 Å². The van der Waals surface area contributed by atoms with Crippen LogP contribution >= 0.6 is 0 Å². The van der Waals surface area contributed by atoms with E-state index in [0.29, 0.717) is 0 Å². The molecule has 0 spiro atoms. The van der Waals surface area contributed by atoms with E-state index < -0.39 is 0 Å². The second-order valence-corrected chi connectivity index (χ2v) is 3.95. The fourth-order valence-electron chi connectivity index (χ4n) is 0.577. The zero-order valence-corrected chi connectivity index (χ0v) is 7.22. The van der Waals surface area contributed by atoms with Gasteiger partial charge in [-0.1, -0.05) is 6.07 Å². The molecule has 1 aromatic rings. The summed E-state index contributed by atoms with van der Waals surface area (Å²) in [5.74, 6) is -0.117. The van der Waals surface area contributed by atoms with Crippen LogP contribution in [0.25, 0.3) is 0 Å². The van der Waals surface area contributed by atoms with E-state index in [9.17, 15) is 4.39 Å². The van der Waals surface area contributed by atoms with Gasteiger partial charge in [0.05, 0.1) is 0 Å². The highest BCUT2D eigenvalue weighted by Gasteiger charge is 2.02. The fraction of sp³-hybridized carbons (Fsp3) is 0.143. The Bertz CT molecular complexity index is 198. The van der Waals surface area contributed by atoms with Crippen molar-refractivity contribution >= 4 is 0 Å². The Morgan fingerprint density at radius 1 is 1.44 bits per heavy atom. The second-order valence-electron chi connectivity index (χ2n) is 1.63. The van der Waals surface area contributed by atoms with Crippen molar-refractivity contribution in [2.45, 2.75) is 0 Å². The molecular weight excluding hydrogens is 230 g/mol. The zero-order chi connectivity index (χ0) is 6.69. The largest absolute Gasteiger partial charge is 0.309 e. The van der Waals surface area contributed by atoms with Crippen LogP contribution in [-0.2, 0) is 0 Å². The van der Waals surface area contributed by atoms with Gasteiger partial charge in [0.2, 0.25) is 0 Å². The summed E-state index contributed by atoms with van der Waals surface area (Å²) in [7, 11) is 0. The lowest BCUT2D eigenvalue weighted by Gasteiger charge is -1.82. The van der Waals surface area contributed by atoms with Crippen molar-refractivity contribution in [1.82, 2.24) is 0 Å². The molecule has 0 fully saturated rings. The minimum absolute atomic E-state index is 0.0526. The predicted molar refractivity (Wildman–Crippen MR) is 31.0 cm³/mol. The molecule has 0 heterocycles. The molecule has 0 saturated heterocycles. The lowest BCUT2D eigenvalue weighted by Crippen LogP contribution is -3.60. The van der Waals surface area contributed by atoms with Gasteiger partial charge >= 0.3 is 21.2 Å². The van der Waals surface area contributed by atoms with Crippen LogP contribution in [0.5, 0.6) is 0 Å². The number of halogens is 2. The lowest BCUT2D eigenvalue weighted by atomic mass is 10.4. The Kier molecular flexibility index (Phi) is 2.45. The lowest BCUT2D eigenvalue weighted by molar-refractivity contribution is -0.597.